The number of nitrogens with one attached hydrogen (secondary N) is 2. The van der Waals surface area contributed by atoms with Gasteiger partial charge in [0, 0.05) is 19.6 Å². The van der Waals surface area contributed by atoms with Crippen LogP contribution in [0.1, 0.15) is 24.8 Å². The number of nitrogens with zero attached hydrogens (tertiary/aromatic N) is 1. The number of amides is 1. The quantitative estimate of drug-likeness (QED) is 0.808. The van der Waals surface area contributed by atoms with Gasteiger partial charge in [0.2, 0.25) is 0 Å². The van der Waals surface area contributed by atoms with Crippen molar-refractivity contribution in [2.45, 2.75) is 25.8 Å². The van der Waals surface area contributed by atoms with Crippen LogP contribution in [0.25, 0.3) is 0 Å². The first-order valence-electron chi connectivity index (χ1n) is 7.80. The SMILES string of the molecule is O=C1COc2ccc(CNCCN3CCCCC3)cc2N1. The van der Waals surface area contributed by atoms with Crippen molar-refractivity contribution >= 4 is 11.6 Å². The molecule has 21 heavy (non-hydrogen) atoms. The Morgan fingerprint density at radius 1 is 1.24 bits per heavy atom. The minimum atomic E-state index is -0.0855. The molecule has 1 fully saturated rings. The lowest BCUT2D eigenvalue weighted by molar-refractivity contribution is -0.118. The summed E-state index contributed by atoms with van der Waals surface area (Å²) < 4.78 is 5.36. The van der Waals surface area contributed by atoms with Crippen LogP contribution in [0, 0.1) is 0 Å². The molecular weight excluding hydrogens is 266 g/mol. The summed E-state index contributed by atoms with van der Waals surface area (Å²) in [5.74, 6) is 0.671. The summed E-state index contributed by atoms with van der Waals surface area (Å²) in [6, 6.07) is 5.96. The Hall–Kier alpha value is -1.59. The molecule has 0 radical (unpaired) electrons. The van der Waals surface area contributed by atoms with E-state index in [4.69, 9.17) is 4.74 Å². The highest BCUT2D eigenvalue weighted by Crippen LogP contribution is 2.28. The van der Waals surface area contributed by atoms with Crippen LogP contribution in [0.15, 0.2) is 18.2 Å². The van der Waals surface area contributed by atoms with Gasteiger partial charge in [-0.05, 0) is 43.6 Å². The zero-order valence-electron chi connectivity index (χ0n) is 12.4. The van der Waals surface area contributed by atoms with E-state index in [1.807, 2.05) is 18.2 Å². The Bertz CT molecular complexity index is 498. The van der Waals surface area contributed by atoms with E-state index in [0.717, 1.165) is 36.6 Å². The molecule has 0 atom stereocenters. The second-order valence-corrected chi connectivity index (χ2v) is 5.75. The van der Waals surface area contributed by atoms with Gasteiger partial charge in [-0.2, -0.15) is 0 Å². The number of carbonyl (C=O) groups excluding carboxylic acids is 1. The highest BCUT2D eigenvalue weighted by Gasteiger charge is 2.15. The number of carbonyl (C=O) groups is 1. The Morgan fingerprint density at radius 2 is 2.10 bits per heavy atom. The lowest BCUT2D eigenvalue weighted by Crippen LogP contribution is -2.35. The van der Waals surface area contributed by atoms with Gasteiger partial charge in [-0.25, -0.2) is 0 Å². The molecule has 2 aliphatic heterocycles. The van der Waals surface area contributed by atoms with Crippen molar-refractivity contribution in [3.63, 3.8) is 0 Å². The molecule has 3 rings (SSSR count). The molecule has 114 valence electrons. The lowest BCUT2D eigenvalue weighted by atomic mass is 10.1. The molecule has 0 unspecified atom stereocenters. The van der Waals surface area contributed by atoms with Gasteiger partial charge in [0.25, 0.3) is 5.91 Å². The van der Waals surface area contributed by atoms with Gasteiger partial charge >= 0.3 is 0 Å². The van der Waals surface area contributed by atoms with Crippen LogP contribution in [0.5, 0.6) is 5.75 Å². The van der Waals surface area contributed by atoms with Crippen LogP contribution in [0.3, 0.4) is 0 Å². The number of fused-ring (bicyclic) bond motifs is 1. The van der Waals surface area contributed by atoms with E-state index in [2.05, 4.69) is 15.5 Å². The standard InChI is InChI=1S/C16H23N3O2/c20-16-12-21-15-5-4-13(10-14(15)18-16)11-17-6-9-19-7-2-1-3-8-19/h4-5,10,17H,1-3,6-9,11-12H2,(H,18,20). The highest BCUT2D eigenvalue weighted by molar-refractivity contribution is 5.95. The molecule has 2 aliphatic rings. The Morgan fingerprint density at radius 3 is 2.95 bits per heavy atom. The topological polar surface area (TPSA) is 53.6 Å². The molecule has 5 heteroatoms. The maximum Gasteiger partial charge on any atom is 0.262 e. The predicted octanol–water partition coefficient (Wildman–Crippen LogP) is 1.59. The minimum absolute atomic E-state index is 0.0855. The van der Waals surface area contributed by atoms with Gasteiger partial charge in [0.15, 0.2) is 6.61 Å². The molecule has 1 aromatic rings. The average molecular weight is 289 g/mol. The molecule has 5 nitrogen and oxygen atoms in total. The van der Waals surface area contributed by atoms with Crippen molar-refractivity contribution < 1.29 is 9.53 Å². The van der Waals surface area contributed by atoms with E-state index < -0.39 is 0 Å². The number of anilines is 1. The number of hydrogen-bond acceptors (Lipinski definition) is 4. The van der Waals surface area contributed by atoms with E-state index in [0.29, 0.717) is 0 Å². The second kappa shape index (κ2) is 6.91. The number of piperidine rings is 1. The smallest absolute Gasteiger partial charge is 0.262 e. The molecule has 1 aromatic carbocycles. The summed E-state index contributed by atoms with van der Waals surface area (Å²) in [6.07, 6.45) is 4.06. The van der Waals surface area contributed by atoms with Crippen molar-refractivity contribution in [3.05, 3.63) is 23.8 Å². The van der Waals surface area contributed by atoms with Gasteiger partial charge in [-0.15, -0.1) is 0 Å². The first-order chi connectivity index (χ1) is 10.3. The van der Waals surface area contributed by atoms with Crippen molar-refractivity contribution in [1.82, 2.24) is 10.2 Å². The molecule has 2 heterocycles. The van der Waals surface area contributed by atoms with E-state index in [1.54, 1.807) is 0 Å². The molecule has 0 saturated carbocycles. The summed E-state index contributed by atoms with van der Waals surface area (Å²) in [4.78, 5) is 13.8. The highest BCUT2D eigenvalue weighted by atomic mass is 16.5. The number of ether oxygens (including phenoxy) is 1. The summed E-state index contributed by atoms with van der Waals surface area (Å²) in [5, 5.41) is 6.31. The molecule has 2 N–H and O–H groups in total. The maximum absolute atomic E-state index is 11.3. The number of rotatable bonds is 5. The van der Waals surface area contributed by atoms with Gasteiger partial charge < -0.3 is 20.3 Å². The number of hydrogen-bond donors (Lipinski definition) is 2. The fourth-order valence-electron chi connectivity index (χ4n) is 2.89. The second-order valence-electron chi connectivity index (χ2n) is 5.75. The van der Waals surface area contributed by atoms with Crippen molar-refractivity contribution in [1.29, 1.82) is 0 Å². The van der Waals surface area contributed by atoms with E-state index >= 15 is 0 Å². The lowest BCUT2D eigenvalue weighted by Gasteiger charge is -2.26. The fraction of sp³-hybridized carbons (Fsp3) is 0.562. The van der Waals surface area contributed by atoms with Gasteiger partial charge in [-0.3, -0.25) is 4.79 Å². The third kappa shape index (κ3) is 3.95. The number of benzene rings is 1. The first kappa shape index (κ1) is 14.4. The monoisotopic (exact) mass is 289 g/mol. The predicted molar refractivity (Wildman–Crippen MR) is 82.6 cm³/mol. The third-order valence-corrected chi connectivity index (χ3v) is 4.06. The van der Waals surface area contributed by atoms with Crippen molar-refractivity contribution in [3.8, 4) is 5.75 Å². The Balaban J connectivity index is 1.45. The minimum Gasteiger partial charge on any atom is -0.482 e. The first-order valence-corrected chi connectivity index (χ1v) is 7.80. The molecule has 0 aliphatic carbocycles. The van der Waals surface area contributed by atoms with Crippen LogP contribution < -0.4 is 15.4 Å². The zero-order chi connectivity index (χ0) is 14.5. The van der Waals surface area contributed by atoms with Crippen LogP contribution in [-0.4, -0.2) is 43.6 Å². The van der Waals surface area contributed by atoms with Crippen LogP contribution in [-0.2, 0) is 11.3 Å². The normalized spacial score (nSPS) is 18.8. The summed E-state index contributed by atoms with van der Waals surface area (Å²) >= 11 is 0. The van der Waals surface area contributed by atoms with E-state index in [-0.39, 0.29) is 12.5 Å². The average Bonchev–Trinajstić information content (AvgIpc) is 2.52. The van der Waals surface area contributed by atoms with Gasteiger partial charge in [0.1, 0.15) is 5.75 Å². The fourth-order valence-corrected chi connectivity index (χ4v) is 2.89. The van der Waals surface area contributed by atoms with Crippen LogP contribution in [0.4, 0.5) is 5.69 Å². The Labute approximate surface area is 125 Å². The summed E-state index contributed by atoms with van der Waals surface area (Å²) in [6.45, 7) is 5.52. The van der Waals surface area contributed by atoms with E-state index in [1.165, 1.54) is 32.4 Å². The van der Waals surface area contributed by atoms with Crippen LogP contribution >= 0.6 is 0 Å². The molecule has 0 aromatic heterocycles. The Kier molecular flexibility index (Phi) is 4.72. The summed E-state index contributed by atoms with van der Waals surface area (Å²) in [7, 11) is 0. The molecular formula is C16H23N3O2. The molecule has 0 bridgehead atoms. The molecule has 1 amide bonds. The van der Waals surface area contributed by atoms with Crippen LogP contribution in [0.2, 0.25) is 0 Å². The van der Waals surface area contributed by atoms with Crippen molar-refractivity contribution in [2.24, 2.45) is 0 Å². The largest absolute Gasteiger partial charge is 0.482 e. The van der Waals surface area contributed by atoms with Gasteiger partial charge in [-0.1, -0.05) is 12.5 Å². The number of likely N-dealkylation sites (tertiary alicyclic amines) is 1. The molecule has 0 spiro atoms. The van der Waals surface area contributed by atoms with Gasteiger partial charge in [0.05, 0.1) is 5.69 Å². The zero-order valence-corrected chi connectivity index (χ0v) is 12.4. The summed E-state index contributed by atoms with van der Waals surface area (Å²) in [5.41, 5.74) is 1.94. The molecule has 1 saturated heterocycles. The van der Waals surface area contributed by atoms with E-state index in [9.17, 15) is 4.79 Å². The third-order valence-electron chi connectivity index (χ3n) is 4.06. The maximum atomic E-state index is 11.3. The van der Waals surface area contributed by atoms with Crippen molar-refractivity contribution in [2.75, 3.05) is 38.1 Å².